The van der Waals surface area contributed by atoms with Gasteiger partial charge in [-0.2, -0.15) is 0 Å². The Morgan fingerprint density at radius 2 is 2.00 bits per heavy atom. The van der Waals surface area contributed by atoms with Crippen molar-refractivity contribution < 1.29 is 13.2 Å². The Labute approximate surface area is 119 Å². The summed E-state index contributed by atoms with van der Waals surface area (Å²) in [6, 6.07) is 7.28. The summed E-state index contributed by atoms with van der Waals surface area (Å²) in [5, 5.41) is 5.51. The number of carbonyl (C=O) groups excluding carboxylic acids is 1. The minimum atomic E-state index is -2.88. The first-order valence-electron chi connectivity index (χ1n) is 6.76. The van der Waals surface area contributed by atoms with Crippen molar-refractivity contribution in [2.45, 2.75) is 24.6 Å². The zero-order valence-corrected chi connectivity index (χ0v) is 12.4. The zero-order valence-electron chi connectivity index (χ0n) is 11.6. The molecule has 0 bridgehead atoms. The Morgan fingerprint density at radius 3 is 2.55 bits per heavy atom. The van der Waals surface area contributed by atoms with E-state index in [0.29, 0.717) is 24.4 Å². The summed E-state index contributed by atoms with van der Waals surface area (Å²) in [6.45, 7) is 1.11. The lowest BCUT2D eigenvalue weighted by molar-refractivity contribution is 0.0963. The molecule has 1 aromatic carbocycles. The molecule has 1 aliphatic heterocycles. The van der Waals surface area contributed by atoms with Gasteiger partial charge in [0.25, 0.3) is 5.91 Å². The highest BCUT2D eigenvalue weighted by Gasteiger charge is 2.30. The maximum Gasteiger partial charge on any atom is 0.251 e. The van der Waals surface area contributed by atoms with E-state index in [-0.39, 0.29) is 11.2 Å². The maximum absolute atomic E-state index is 11.7. The van der Waals surface area contributed by atoms with Gasteiger partial charge in [-0.3, -0.25) is 4.79 Å². The molecule has 1 aromatic rings. The molecular weight excluding hydrogens is 276 g/mol. The van der Waals surface area contributed by atoms with Gasteiger partial charge >= 0.3 is 0 Å². The van der Waals surface area contributed by atoms with E-state index in [1.807, 2.05) is 12.1 Å². The molecule has 0 aromatic heterocycles. The molecule has 1 heterocycles. The van der Waals surface area contributed by atoms with E-state index < -0.39 is 9.84 Å². The normalized spacial score (nSPS) is 20.8. The fraction of sp³-hybridized carbons (Fsp3) is 0.500. The second-order valence-electron chi connectivity index (χ2n) is 5.04. The predicted molar refractivity (Wildman–Crippen MR) is 78.3 cm³/mol. The van der Waals surface area contributed by atoms with Gasteiger partial charge in [-0.1, -0.05) is 12.1 Å². The van der Waals surface area contributed by atoms with Gasteiger partial charge in [0.05, 0.1) is 11.0 Å². The number of rotatable bonds is 5. The Kier molecular flexibility index (Phi) is 4.77. The van der Waals surface area contributed by atoms with Crippen LogP contribution in [0.3, 0.4) is 0 Å². The number of hydrogen-bond donors (Lipinski definition) is 2. The van der Waals surface area contributed by atoms with Gasteiger partial charge in [0.1, 0.15) is 0 Å². The number of nitrogens with one attached hydrogen (secondary N) is 2. The molecule has 0 radical (unpaired) electrons. The average molecular weight is 296 g/mol. The maximum atomic E-state index is 11.7. The number of hydrogen-bond acceptors (Lipinski definition) is 4. The second kappa shape index (κ2) is 6.37. The van der Waals surface area contributed by atoms with Crippen LogP contribution in [0.1, 0.15) is 28.8 Å². The molecule has 0 saturated carbocycles. The summed E-state index contributed by atoms with van der Waals surface area (Å²) in [6.07, 6.45) is 1.53. The molecule has 110 valence electrons. The van der Waals surface area contributed by atoms with Crippen LogP contribution in [-0.2, 0) is 16.4 Å². The van der Waals surface area contributed by atoms with Crippen molar-refractivity contribution in [2.75, 3.05) is 19.3 Å². The molecule has 5 nitrogen and oxygen atoms in total. The van der Waals surface area contributed by atoms with Crippen LogP contribution in [-0.4, -0.2) is 38.9 Å². The lowest BCUT2D eigenvalue weighted by Gasteiger charge is -2.11. The smallest absolute Gasteiger partial charge is 0.251 e. The third kappa shape index (κ3) is 3.58. The van der Waals surface area contributed by atoms with Gasteiger partial charge in [-0.25, -0.2) is 8.42 Å². The van der Waals surface area contributed by atoms with E-state index in [9.17, 15) is 13.2 Å². The first-order chi connectivity index (χ1) is 9.53. The molecule has 1 unspecified atom stereocenters. The van der Waals surface area contributed by atoms with Crippen LogP contribution >= 0.6 is 0 Å². The Balaban J connectivity index is 1.84. The summed E-state index contributed by atoms with van der Waals surface area (Å²) in [5.41, 5.74) is 1.66. The third-order valence-corrected chi connectivity index (χ3v) is 5.88. The minimum Gasteiger partial charge on any atom is -0.355 e. The van der Waals surface area contributed by atoms with Gasteiger partial charge < -0.3 is 10.6 Å². The van der Waals surface area contributed by atoms with E-state index in [4.69, 9.17) is 0 Å². The van der Waals surface area contributed by atoms with E-state index >= 15 is 0 Å². The Bertz CT molecular complexity index is 567. The molecule has 1 fully saturated rings. The van der Waals surface area contributed by atoms with Crippen molar-refractivity contribution in [3.63, 3.8) is 0 Å². The minimum absolute atomic E-state index is 0.110. The Morgan fingerprint density at radius 1 is 1.30 bits per heavy atom. The van der Waals surface area contributed by atoms with Gasteiger partial charge in [0.15, 0.2) is 9.84 Å². The van der Waals surface area contributed by atoms with Crippen molar-refractivity contribution >= 4 is 15.7 Å². The standard InChI is InChI=1S/C14H20N2O3S/c1-15-14(17)12-6-4-11(5-7-12)9-16-10-13-3-2-8-20(13,18)19/h4-7,13,16H,2-3,8-10H2,1H3,(H,15,17). The van der Waals surface area contributed by atoms with Crippen molar-refractivity contribution in [2.24, 2.45) is 0 Å². The number of benzene rings is 1. The summed E-state index contributed by atoms with van der Waals surface area (Å²) < 4.78 is 23.3. The zero-order chi connectivity index (χ0) is 14.6. The Hall–Kier alpha value is -1.40. The van der Waals surface area contributed by atoms with Crippen LogP contribution in [0.2, 0.25) is 0 Å². The van der Waals surface area contributed by atoms with Crippen LogP contribution in [0.25, 0.3) is 0 Å². The number of amides is 1. The molecule has 0 aliphatic carbocycles. The second-order valence-corrected chi connectivity index (χ2v) is 7.44. The topological polar surface area (TPSA) is 75.3 Å². The van der Waals surface area contributed by atoms with Crippen molar-refractivity contribution in [3.05, 3.63) is 35.4 Å². The predicted octanol–water partition coefficient (Wildman–Crippen LogP) is 0.713. The van der Waals surface area contributed by atoms with Crippen molar-refractivity contribution in [1.82, 2.24) is 10.6 Å². The van der Waals surface area contributed by atoms with Crippen LogP contribution in [0.4, 0.5) is 0 Å². The van der Waals surface area contributed by atoms with Gasteiger partial charge in [0.2, 0.25) is 0 Å². The first kappa shape index (κ1) is 15.0. The molecule has 2 rings (SSSR count). The molecular formula is C14H20N2O3S. The summed E-state index contributed by atoms with van der Waals surface area (Å²) in [7, 11) is -1.28. The molecule has 2 N–H and O–H groups in total. The lowest BCUT2D eigenvalue weighted by atomic mass is 10.1. The van der Waals surface area contributed by atoms with E-state index in [1.165, 1.54) is 0 Å². The molecule has 0 spiro atoms. The van der Waals surface area contributed by atoms with Crippen LogP contribution in [0.5, 0.6) is 0 Å². The van der Waals surface area contributed by atoms with Crippen molar-refractivity contribution in [1.29, 1.82) is 0 Å². The van der Waals surface area contributed by atoms with E-state index in [1.54, 1.807) is 19.2 Å². The average Bonchev–Trinajstić information content (AvgIpc) is 2.78. The largest absolute Gasteiger partial charge is 0.355 e. The molecule has 1 atom stereocenters. The summed E-state index contributed by atoms with van der Waals surface area (Å²) >= 11 is 0. The lowest BCUT2D eigenvalue weighted by Crippen LogP contribution is -2.30. The monoisotopic (exact) mass is 296 g/mol. The first-order valence-corrected chi connectivity index (χ1v) is 8.48. The number of carbonyl (C=O) groups is 1. The summed E-state index contributed by atoms with van der Waals surface area (Å²) in [5.74, 6) is 0.210. The SMILES string of the molecule is CNC(=O)c1ccc(CNCC2CCCS2(=O)=O)cc1. The highest BCUT2D eigenvalue weighted by Crippen LogP contribution is 2.19. The quantitative estimate of drug-likeness (QED) is 0.839. The highest BCUT2D eigenvalue weighted by atomic mass is 32.2. The molecule has 1 amide bonds. The van der Waals surface area contributed by atoms with Crippen LogP contribution in [0, 0.1) is 0 Å². The van der Waals surface area contributed by atoms with Gasteiger partial charge in [-0.05, 0) is 30.5 Å². The number of sulfone groups is 1. The molecule has 1 aliphatic rings. The van der Waals surface area contributed by atoms with E-state index in [2.05, 4.69) is 10.6 Å². The van der Waals surface area contributed by atoms with E-state index in [0.717, 1.165) is 18.4 Å². The van der Waals surface area contributed by atoms with Gasteiger partial charge in [0, 0.05) is 25.7 Å². The molecule has 1 saturated heterocycles. The van der Waals surface area contributed by atoms with Crippen molar-refractivity contribution in [3.8, 4) is 0 Å². The fourth-order valence-corrected chi connectivity index (χ4v) is 4.18. The third-order valence-electron chi connectivity index (χ3n) is 3.61. The summed E-state index contributed by atoms with van der Waals surface area (Å²) in [4.78, 5) is 11.4. The van der Waals surface area contributed by atoms with Crippen LogP contribution < -0.4 is 10.6 Å². The highest BCUT2D eigenvalue weighted by molar-refractivity contribution is 7.92. The molecule has 20 heavy (non-hydrogen) atoms. The fourth-order valence-electron chi connectivity index (χ4n) is 2.38. The van der Waals surface area contributed by atoms with Gasteiger partial charge in [-0.15, -0.1) is 0 Å². The molecule has 6 heteroatoms. The van der Waals surface area contributed by atoms with Crippen LogP contribution in [0.15, 0.2) is 24.3 Å².